The molecule has 2 aromatic carbocycles. The van der Waals surface area contributed by atoms with E-state index in [2.05, 4.69) is 11.9 Å². The fraction of sp³-hybridized carbons (Fsp3) is 0.250. The Morgan fingerprint density at radius 3 is 2.65 bits per heavy atom. The molecular formula is C16H14Cl2FN. The molecule has 1 unspecified atom stereocenters. The Balaban J connectivity index is 2.09. The van der Waals surface area contributed by atoms with Crippen LogP contribution in [0.25, 0.3) is 0 Å². The summed E-state index contributed by atoms with van der Waals surface area (Å²) in [6, 6.07) is 10.7. The van der Waals surface area contributed by atoms with Gasteiger partial charge in [0.2, 0.25) is 0 Å². The molecule has 0 saturated heterocycles. The molecule has 1 aliphatic heterocycles. The monoisotopic (exact) mass is 309 g/mol. The van der Waals surface area contributed by atoms with Gasteiger partial charge in [-0.1, -0.05) is 35.3 Å². The number of halogens is 3. The summed E-state index contributed by atoms with van der Waals surface area (Å²) < 4.78 is 13.6. The van der Waals surface area contributed by atoms with Crippen LogP contribution in [0.15, 0.2) is 36.4 Å². The van der Waals surface area contributed by atoms with Crippen molar-refractivity contribution >= 4 is 23.2 Å². The maximum atomic E-state index is 13.6. The van der Waals surface area contributed by atoms with Gasteiger partial charge in [-0.2, -0.15) is 0 Å². The predicted octanol–water partition coefficient (Wildman–Crippen LogP) is 4.71. The van der Waals surface area contributed by atoms with E-state index >= 15 is 0 Å². The van der Waals surface area contributed by atoms with E-state index in [-0.39, 0.29) is 11.7 Å². The Kier molecular flexibility index (Phi) is 3.72. The first-order valence-electron chi connectivity index (χ1n) is 6.46. The van der Waals surface area contributed by atoms with Crippen LogP contribution in [0.3, 0.4) is 0 Å². The summed E-state index contributed by atoms with van der Waals surface area (Å²) in [5.41, 5.74) is 3.27. The van der Waals surface area contributed by atoms with Crippen LogP contribution >= 0.6 is 23.2 Å². The van der Waals surface area contributed by atoms with Crippen molar-refractivity contribution in [3.8, 4) is 0 Å². The number of hydrogen-bond donors (Lipinski definition) is 0. The Morgan fingerprint density at radius 1 is 1.10 bits per heavy atom. The smallest absolute Gasteiger partial charge is 0.123 e. The van der Waals surface area contributed by atoms with Gasteiger partial charge in [-0.3, -0.25) is 0 Å². The molecule has 0 aliphatic carbocycles. The molecular weight excluding hydrogens is 296 g/mol. The second-order valence-electron chi connectivity index (χ2n) is 5.27. The SMILES string of the molecule is CN1Cc2ccc(F)cc2C(c2ccc(Cl)c(Cl)c2)C1. The van der Waals surface area contributed by atoms with Crippen LogP contribution < -0.4 is 0 Å². The minimum Gasteiger partial charge on any atom is -0.301 e. The Hall–Kier alpha value is -1.09. The van der Waals surface area contributed by atoms with Gasteiger partial charge < -0.3 is 4.90 Å². The lowest BCUT2D eigenvalue weighted by Crippen LogP contribution is -2.31. The molecule has 20 heavy (non-hydrogen) atoms. The van der Waals surface area contributed by atoms with Crippen LogP contribution in [0, 0.1) is 5.82 Å². The summed E-state index contributed by atoms with van der Waals surface area (Å²) in [4.78, 5) is 2.23. The molecule has 1 nitrogen and oxygen atoms in total. The van der Waals surface area contributed by atoms with Crippen molar-refractivity contribution in [2.45, 2.75) is 12.5 Å². The quantitative estimate of drug-likeness (QED) is 0.737. The molecule has 104 valence electrons. The summed E-state index contributed by atoms with van der Waals surface area (Å²) in [7, 11) is 2.07. The molecule has 0 fully saturated rings. The fourth-order valence-corrected chi connectivity index (χ4v) is 3.12. The van der Waals surface area contributed by atoms with Crippen molar-refractivity contribution in [3.63, 3.8) is 0 Å². The average Bonchev–Trinajstić information content (AvgIpc) is 2.41. The first-order chi connectivity index (χ1) is 9.54. The number of likely N-dealkylation sites (N-methyl/N-ethyl adjacent to an activating group) is 1. The second kappa shape index (κ2) is 5.36. The molecule has 0 amide bonds. The van der Waals surface area contributed by atoms with Crippen molar-refractivity contribution in [1.29, 1.82) is 0 Å². The van der Waals surface area contributed by atoms with Crippen molar-refractivity contribution in [3.05, 3.63) is 69.0 Å². The van der Waals surface area contributed by atoms with E-state index in [1.807, 2.05) is 18.2 Å². The molecule has 0 bridgehead atoms. The third-order valence-corrected chi connectivity index (χ3v) is 4.50. The Bertz CT molecular complexity index is 657. The summed E-state index contributed by atoms with van der Waals surface area (Å²) >= 11 is 12.1. The molecule has 0 saturated carbocycles. The molecule has 4 heteroatoms. The molecule has 3 rings (SSSR count). The van der Waals surface area contributed by atoms with E-state index < -0.39 is 0 Å². The zero-order valence-electron chi connectivity index (χ0n) is 11.0. The average molecular weight is 310 g/mol. The van der Waals surface area contributed by atoms with Crippen LogP contribution in [0.2, 0.25) is 10.0 Å². The van der Waals surface area contributed by atoms with Crippen molar-refractivity contribution in [2.75, 3.05) is 13.6 Å². The van der Waals surface area contributed by atoms with Gasteiger partial charge >= 0.3 is 0 Å². The minimum atomic E-state index is -0.196. The van der Waals surface area contributed by atoms with E-state index in [1.54, 1.807) is 12.1 Å². The third kappa shape index (κ3) is 2.56. The molecule has 0 radical (unpaired) electrons. The van der Waals surface area contributed by atoms with Crippen LogP contribution in [-0.2, 0) is 6.54 Å². The van der Waals surface area contributed by atoms with Gasteiger partial charge in [-0.15, -0.1) is 0 Å². The van der Waals surface area contributed by atoms with Gasteiger partial charge in [-0.05, 0) is 48.0 Å². The Morgan fingerprint density at radius 2 is 1.90 bits per heavy atom. The number of benzene rings is 2. The fourth-order valence-electron chi connectivity index (χ4n) is 2.81. The second-order valence-corrected chi connectivity index (χ2v) is 6.08. The van der Waals surface area contributed by atoms with Gasteiger partial charge in [0.15, 0.2) is 0 Å². The van der Waals surface area contributed by atoms with Crippen LogP contribution in [0.5, 0.6) is 0 Å². The predicted molar refractivity (Wildman–Crippen MR) is 81.0 cm³/mol. The van der Waals surface area contributed by atoms with Crippen molar-refractivity contribution in [1.82, 2.24) is 4.90 Å². The maximum Gasteiger partial charge on any atom is 0.123 e. The minimum absolute atomic E-state index is 0.120. The highest BCUT2D eigenvalue weighted by molar-refractivity contribution is 6.42. The summed E-state index contributed by atoms with van der Waals surface area (Å²) in [6.45, 7) is 1.68. The highest BCUT2D eigenvalue weighted by atomic mass is 35.5. The zero-order valence-corrected chi connectivity index (χ0v) is 12.5. The summed E-state index contributed by atoms with van der Waals surface area (Å²) in [5, 5.41) is 1.08. The van der Waals surface area contributed by atoms with Crippen LogP contribution in [0.1, 0.15) is 22.6 Å². The van der Waals surface area contributed by atoms with Crippen molar-refractivity contribution < 1.29 is 4.39 Å². The van der Waals surface area contributed by atoms with E-state index in [0.717, 1.165) is 29.8 Å². The van der Waals surface area contributed by atoms with Gasteiger partial charge in [0, 0.05) is 19.0 Å². The molecule has 2 aromatic rings. The van der Waals surface area contributed by atoms with Crippen LogP contribution in [-0.4, -0.2) is 18.5 Å². The van der Waals surface area contributed by atoms with Crippen molar-refractivity contribution in [2.24, 2.45) is 0 Å². The Labute approximate surface area is 127 Å². The third-order valence-electron chi connectivity index (χ3n) is 3.76. The van der Waals surface area contributed by atoms with E-state index in [4.69, 9.17) is 23.2 Å². The molecule has 0 aromatic heterocycles. The van der Waals surface area contributed by atoms with Gasteiger partial charge in [0.25, 0.3) is 0 Å². The van der Waals surface area contributed by atoms with Gasteiger partial charge in [0.05, 0.1) is 10.0 Å². The molecule has 0 N–H and O–H groups in total. The van der Waals surface area contributed by atoms with E-state index in [0.29, 0.717) is 10.0 Å². The van der Waals surface area contributed by atoms with Gasteiger partial charge in [0.1, 0.15) is 5.82 Å². The lowest BCUT2D eigenvalue weighted by atomic mass is 9.85. The number of nitrogens with zero attached hydrogens (tertiary/aromatic N) is 1. The lowest BCUT2D eigenvalue weighted by molar-refractivity contribution is 0.294. The maximum absolute atomic E-state index is 13.6. The standard InChI is InChI=1S/C16H14Cl2FN/c1-20-8-11-2-4-12(19)7-13(11)14(9-20)10-3-5-15(17)16(18)6-10/h2-7,14H,8-9H2,1H3. The summed E-state index contributed by atoms with van der Waals surface area (Å²) in [5.74, 6) is -0.0763. The topological polar surface area (TPSA) is 3.24 Å². The molecule has 1 atom stereocenters. The molecule has 0 spiro atoms. The first-order valence-corrected chi connectivity index (χ1v) is 7.22. The molecule has 1 heterocycles. The molecule has 1 aliphatic rings. The lowest BCUT2D eigenvalue weighted by Gasteiger charge is -2.32. The number of hydrogen-bond acceptors (Lipinski definition) is 1. The number of fused-ring (bicyclic) bond motifs is 1. The highest BCUT2D eigenvalue weighted by Crippen LogP contribution is 2.35. The normalized spacial score (nSPS) is 18.9. The van der Waals surface area contributed by atoms with E-state index in [9.17, 15) is 4.39 Å². The van der Waals surface area contributed by atoms with E-state index in [1.165, 1.54) is 6.07 Å². The summed E-state index contributed by atoms with van der Waals surface area (Å²) in [6.07, 6.45) is 0. The zero-order chi connectivity index (χ0) is 14.3. The number of rotatable bonds is 1. The highest BCUT2D eigenvalue weighted by Gasteiger charge is 2.25. The largest absolute Gasteiger partial charge is 0.301 e. The van der Waals surface area contributed by atoms with Gasteiger partial charge in [-0.25, -0.2) is 4.39 Å². The first kappa shape index (κ1) is 13.9. The van der Waals surface area contributed by atoms with Crippen LogP contribution in [0.4, 0.5) is 4.39 Å².